The summed E-state index contributed by atoms with van der Waals surface area (Å²) in [6.45, 7) is 1.20. The van der Waals surface area contributed by atoms with Crippen LogP contribution in [-0.2, 0) is 9.47 Å². The fraction of sp³-hybridized carbons (Fsp3) is 0.636. The van der Waals surface area contributed by atoms with E-state index < -0.39 is 12.2 Å². The molecule has 0 spiro atoms. The molecule has 4 nitrogen and oxygen atoms in total. The monoisotopic (exact) mass is 276 g/mol. The molecule has 17 heavy (non-hydrogen) atoms. The summed E-state index contributed by atoms with van der Waals surface area (Å²) in [7, 11) is 0. The van der Waals surface area contributed by atoms with Gasteiger partial charge in [0.1, 0.15) is 6.10 Å². The normalized spacial score (nSPS) is 20.6. The number of thiophene rings is 1. The summed E-state index contributed by atoms with van der Waals surface area (Å²) in [5, 5.41) is 21.4. The minimum atomic E-state index is -0.867. The lowest BCUT2D eigenvalue weighted by Crippen LogP contribution is -2.18. The van der Waals surface area contributed by atoms with Gasteiger partial charge in [0.2, 0.25) is 0 Å². The van der Waals surface area contributed by atoms with Crippen molar-refractivity contribution >= 4 is 24.0 Å². The third-order valence-electron chi connectivity index (χ3n) is 2.62. The molecule has 0 aromatic carbocycles. The van der Waals surface area contributed by atoms with Crippen molar-refractivity contribution in [3.63, 3.8) is 0 Å². The van der Waals surface area contributed by atoms with Crippen molar-refractivity contribution in [2.75, 3.05) is 19.0 Å². The number of rotatable bonds is 5. The van der Waals surface area contributed by atoms with Crippen molar-refractivity contribution in [3.8, 4) is 0 Å². The summed E-state index contributed by atoms with van der Waals surface area (Å²) in [6, 6.07) is 1.83. The summed E-state index contributed by atoms with van der Waals surface area (Å²) in [5.74, 6) is 0.546. The molecule has 2 atom stereocenters. The van der Waals surface area contributed by atoms with Crippen molar-refractivity contribution in [1.29, 1.82) is 0 Å². The molecule has 1 saturated heterocycles. The Kier molecular flexibility index (Phi) is 4.84. The van der Waals surface area contributed by atoms with Gasteiger partial charge in [0.15, 0.2) is 6.29 Å². The van der Waals surface area contributed by atoms with Gasteiger partial charge in [0.25, 0.3) is 0 Å². The second-order valence-electron chi connectivity index (χ2n) is 3.88. The molecule has 96 valence electrons. The van der Waals surface area contributed by atoms with Gasteiger partial charge in [-0.15, -0.1) is 11.3 Å². The van der Waals surface area contributed by atoms with Crippen LogP contribution in [0.15, 0.2) is 11.4 Å². The number of hydrogen-bond donors (Lipinski definition) is 3. The van der Waals surface area contributed by atoms with E-state index in [9.17, 15) is 10.2 Å². The first kappa shape index (κ1) is 13.3. The van der Waals surface area contributed by atoms with E-state index in [2.05, 4.69) is 12.6 Å². The molecular formula is C11H16O4S2. The van der Waals surface area contributed by atoms with Crippen molar-refractivity contribution in [2.24, 2.45) is 0 Å². The second-order valence-corrected chi connectivity index (χ2v) is 5.27. The van der Waals surface area contributed by atoms with E-state index >= 15 is 0 Å². The Labute approximate surface area is 110 Å². The van der Waals surface area contributed by atoms with Gasteiger partial charge in [-0.3, -0.25) is 0 Å². The topological polar surface area (TPSA) is 58.9 Å². The van der Waals surface area contributed by atoms with E-state index in [0.717, 1.165) is 4.88 Å². The highest BCUT2D eigenvalue weighted by atomic mass is 32.1. The van der Waals surface area contributed by atoms with E-state index in [1.165, 1.54) is 11.3 Å². The molecule has 0 bridgehead atoms. The highest BCUT2D eigenvalue weighted by molar-refractivity contribution is 7.80. The number of thiol groups is 1. The molecule has 0 amide bonds. The van der Waals surface area contributed by atoms with Crippen LogP contribution in [0.5, 0.6) is 0 Å². The minimum absolute atomic E-state index is 0.317. The Morgan fingerprint density at radius 2 is 2.12 bits per heavy atom. The van der Waals surface area contributed by atoms with Gasteiger partial charge in [0.05, 0.1) is 24.2 Å². The van der Waals surface area contributed by atoms with Gasteiger partial charge in [-0.25, -0.2) is 0 Å². The SMILES string of the molecule is OC(CCS)C(O)c1csc(C2OCCO2)c1. The smallest absolute Gasteiger partial charge is 0.193 e. The Bertz CT molecular complexity index is 349. The zero-order chi connectivity index (χ0) is 12.3. The van der Waals surface area contributed by atoms with Gasteiger partial charge >= 0.3 is 0 Å². The zero-order valence-electron chi connectivity index (χ0n) is 9.28. The van der Waals surface area contributed by atoms with Gasteiger partial charge in [-0.2, -0.15) is 12.6 Å². The molecule has 1 aliphatic heterocycles. The maximum Gasteiger partial charge on any atom is 0.193 e. The molecule has 1 aromatic heterocycles. The van der Waals surface area contributed by atoms with Crippen LogP contribution < -0.4 is 0 Å². The van der Waals surface area contributed by atoms with E-state index in [1.54, 1.807) is 0 Å². The minimum Gasteiger partial charge on any atom is -0.390 e. The van der Waals surface area contributed by atoms with Crippen molar-refractivity contribution in [3.05, 3.63) is 21.9 Å². The summed E-state index contributed by atoms with van der Waals surface area (Å²) in [4.78, 5) is 0.926. The maximum absolute atomic E-state index is 9.92. The number of hydrogen-bond acceptors (Lipinski definition) is 6. The Balaban J connectivity index is 2.01. The average molecular weight is 276 g/mol. The molecule has 1 aliphatic rings. The molecule has 1 fully saturated rings. The Morgan fingerprint density at radius 1 is 1.41 bits per heavy atom. The van der Waals surface area contributed by atoms with E-state index in [1.807, 2.05) is 11.4 Å². The van der Waals surface area contributed by atoms with E-state index in [4.69, 9.17) is 9.47 Å². The standard InChI is InChI=1S/C11H16O4S2/c12-8(1-4-16)10(13)7-5-9(17-6-7)11-14-2-3-15-11/h5-6,8,10-13,16H,1-4H2. The number of aliphatic hydroxyl groups is 2. The van der Waals surface area contributed by atoms with Crippen LogP contribution in [0.2, 0.25) is 0 Å². The predicted octanol–water partition coefficient (Wildman–Crippen LogP) is 1.51. The molecular weight excluding hydrogens is 260 g/mol. The molecule has 2 unspecified atom stereocenters. The largest absolute Gasteiger partial charge is 0.390 e. The van der Waals surface area contributed by atoms with Gasteiger partial charge in [0, 0.05) is 0 Å². The summed E-state index contributed by atoms with van der Waals surface area (Å²) < 4.78 is 10.7. The molecule has 2 rings (SSSR count). The second kappa shape index (κ2) is 6.17. The van der Waals surface area contributed by atoms with Gasteiger partial charge < -0.3 is 19.7 Å². The molecule has 2 heterocycles. The van der Waals surface area contributed by atoms with Crippen LogP contribution in [0.25, 0.3) is 0 Å². The molecule has 0 radical (unpaired) electrons. The first-order chi connectivity index (χ1) is 8.22. The first-order valence-electron chi connectivity index (χ1n) is 5.51. The van der Waals surface area contributed by atoms with Crippen molar-refractivity contribution < 1.29 is 19.7 Å². The van der Waals surface area contributed by atoms with Gasteiger partial charge in [-0.05, 0) is 29.2 Å². The lowest BCUT2D eigenvalue weighted by molar-refractivity contribution is -0.0415. The number of ether oxygens (including phenoxy) is 2. The molecule has 0 saturated carbocycles. The summed E-state index contributed by atoms with van der Waals surface area (Å²) >= 11 is 5.51. The van der Waals surface area contributed by atoms with Gasteiger partial charge in [-0.1, -0.05) is 0 Å². The summed E-state index contributed by atoms with van der Waals surface area (Å²) in [5.41, 5.74) is 0.707. The lowest BCUT2D eigenvalue weighted by atomic mass is 10.1. The molecule has 6 heteroatoms. The van der Waals surface area contributed by atoms with Crippen LogP contribution in [0.1, 0.15) is 29.3 Å². The van der Waals surface area contributed by atoms with E-state index in [0.29, 0.717) is 31.0 Å². The average Bonchev–Trinajstić information content (AvgIpc) is 2.98. The van der Waals surface area contributed by atoms with Crippen LogP contribution >= 0.6 is 24.0 Å². The molecule has 0 aliphatic carbocycles. The maximum atomic E-state index is 9.92. The van der Waals surface area contributed by atoms with Crippen LogP contribution in [0, 0.1) is 0 Å². The van der Waals surface area contributed by atoms with Crippen LogP contribution in [0.3, 0.4) is 0 Å². The Hall–Kier alpha value is -0.110. The highest BCUT2D eigenvalue weighted by Crippen LogP contribution is 2.32. The molecule has 1 aromatic rings. The zero-order valence-corrected chi connectivity index (χ0v) is 11.0. The molecule has 2 N–H and O–H groups in total. The van der Waals surface area contributed by atoms with Crippen LogP contribution in [-0.4, -0.2) is 35.3 Å². The lowest BCUT2D eigenvalue weighted by Gasteiger charge is -2.15. The first-order valence-corrected chi connectivity index (χ1v) is 7.02. The van der Waals surface area contributed by atoms with E-state index in [-0.39, 0.29) is 6.29 Å². The highest BCUT2D eigenvalue weighted by Gasteiger charge is 2.24. The van der Waals surface area contributed by atoms with Crippen molar-refractivity contribution in [1.82, 2.24) is 0 Å². The number of aliphatic hydroxyl groups excluding tert-OH is 2. The third kappa shape index (κ3) is 3.21. The fourth-order valence-electron chi connectivity index (χ4n) is 1.68. The quantitative estimate of drug-likeness (QED) is 0.714. The van der Waals surface area contributed by atoms with Crippen molar-refractivity contribution in [2.45, 2.75) is 24.9 Å². The predicted molar refractivity (Wildman–Crippen MR) is 68.4 cm³/mol. The summed E-state index contributed by atoms with van der Waals surface area (Å²) in [6.07, 6.45) is -1.50. The van der Waals surface area contributed by atoms with Crippen LogP contribution in [0.4, 0.5) is 0 Å². The third-order valence-corrected chi connectivity index (χ3v) is 3.86. The Morgan fingerprint density at radius 3 is 2.76 bits per heavy atom. The fourth-order valence-corrected chi connectivity index (χ4v) is 2.88.